The standard InChI is InChI=1S/C24H28N4O5/c1-5-25-24(30)28-19-7-6-16(12-15(19)2)33-21-8-9-26-20-14-22(32-4)18(13-17(20)21)23(29)27-10-11-31-3/h6-9,12-14H,5,10-11H2,1-4H3,(H,27,29)(H2,25,28,30). The van der Waals surface area contributed by atoms with Crippen LogP contribution in [0.4, 0.5) is 10.5 Å². The molecule has 3 amide bonds. The predicted octanol–water partition coefficient (Wildman–Crippen LogP) is 3.86. The lowest BCUT2D eigenvalue weighted by molar-refractivity contribution is 0.0934. The van der Waals surface area contributed by atoms with Crippen LogP contribution in [0.25, 0.3) is 10.9 Å². The minimum atomic E-state index is -0.280. The van der Waals surface area contributed by atoms with E-state index in [0.29, 0.717) is 59.1 Å². The molecule has 0 fully saturated rings. The van der Waals surface area contributed by atoms with Gasteiger partial charge in [0.25, 0.3) is 5.91 Å². The van der Waals surface area contributed by atoms with Gasteiger partial charge < -0.3 is 30.2 Å². The van der Waals surface area contributed by atoms with Crippen LogP contribution < -0.4 is 25.4 Å². The molecule has 0 spiro atoms. The van der Waals surface area contributed by atoms with Gasteiger partial charge in [0.05, 0.1) is 24.8 Å². The zero-order valence-electron chi connectivity index (χ0n) is 19.2. The van der Waals surface area contributed by atoms with E-state index in [1.165, 1.54) is 7.11 Å². The smallest absolute Gasteiger partial charge is 0.319 e. The van der Waals surface area contributed by atoms with Gasteiger partial charge >= 0.3 is 6.03 Å². The highest BCUT2D eigenvalue weighted by Gasteiger charge is 2.16. The minimum absolute atomic E-state index is 0.264. The third-order valence-electron chi connectivity index (χ3n) is 4.87. The molecule has 0 bridgehead atoms. The highest BCUT2D eigenvalue weighted by molar-refractivity contribution is 6.02. The summed E-state index contributed by atoms with van der Waals surface area (Å²) in [5.74, 6) is 1.26. The molecule has 9 heteroatoms. The Labute approximate surface area is 192 Å². The van der Waals surface area contributed by atoms with Gasteiger partial charge in [0, 0.05) is 43.5 Å². The van der Waals surface area contributed by atoms with E-state index in [9.17, 15) is 9.59 Å². The fraction of sp³-hybridized carbons (Fsp3) is 0.292. The van der Waals surface area contributed by atoms with Crippen molar-refractivity contribution in [1.82, 2.24) is 15.6 Å². The van der Waals surface area contributed by atoms with Crippen molar-refractivity contribution in [3.05, 3.63) is 53.7 Å². The van der Waals surface area contributed by atoms with Gasteiger partial charge in [-0.15, -0.1) is 0 Å². The molecular weight excluding hydrogens is 424 g/mol. The second-order valence-electron chi connectivity index (χ2n) is 7.19. The number of ether oxygens (including phenoxy) is 3. The number of rotatable bonds is 9. The summed E-state index contributed by atoms with van der Waals surface area (Å²) in [5.41, 5.74) is 2.53. The molecule has 1 heterocycles. The number of hydrogen-bond donors (Lipinski definition) is 3. The van der Waals surface area contributed by atoms with Crippen LogP contribution >= 0.6 is 0 Å². The second-order valence-corrected chi connectivity index (χ2v) is 7.19. The number of aryl methyl sites for hydroxylation is 1. The first kappa shape index (κ1) is 23.8. The molecule has 3 N–H and O–H groups in total. The summed E-state index contributed by atoms with van der Waals surface area (Å²) in [6.07, 6.45) is 1.63. The number of nitrogens with zero attached hydrogens (tertiary/aromatic N) is 1. The Morgan fingerprint density at radius 3 is 2.55 bits per heavy atom. The summed E-state index contributed by atoms with van der Waals surface area (Å²) in [7, 11) is 3.08. The maximum absolute atomic E-state index is 12.7. The molecule has 0 saturated carbocycles. The summed E-state index contributed by atoms with van der Waals surface area (Å²) >= 11 is 0. The predicted molar refractivity (Wildman–Crippen MR) is 126 cm³/mol. The first-order valence-corrected chi connectivity index (χ1v) is 10.5. The van der Waals surface area contributed by atoms with E-state index in [1.807, 2.05) is 19.9 Å². The van der Waals surface area contributed by atoms with E-state index in [0.717, 1.165) is 5.56 Å². The van der Waals surface area contributed by atoms with Crippen LogP contribution in [0.1, 0.15) is 22.8 Å². The van der Waals surface area contributed by atoms with Gasteiger partial charge in [0.15, 0.2) is 0 Å². The summed E-state index contributed by atoms with van der Waals surface area (Å²) in [6.45, 7) is 5.06. The Bertz CT molecular complexity index is 1150. The number of urea groups is 1. The minimum Gasteiger partial charge on any atom is -0.496 e. The quantitative estimate of drug-likeness (QED) is 0.425. The van der Waals surface area contributed by atoms with Crippen LogP contribution in [-0.4, -0.2) is 50.8 Å². The molecule has 0 radical (unpaired) electrons. The molecular formula is C24H28N4O5. The molecule has 3 rings (SSSR count). The summed E-state index contributed by atoms with van der Waals surface area (Å²) < 4.78 is 16.5. The van der Waals surface area contributed by atoms with Crippen LogP contribution in [0.5, 0.6) is 17.2 Å². The molecule has 0 aliphatic carbocycles. The van der Waals surface area contributed by atoms with Gasteiger partial charge in [0.1, 0.15) is 17.2 Å². The van der Waals surface area contributed by atoms with E-state index < -0.39 is 0 Å². The lowest BCUT2D eigenvalue weighted by Gasteiger charge is -2.14. The van der Waals surface area contributed by atoms with Crippen molar-refractivity contribution in [3.8, 4) is 17.2 Å². The summed E-state index contributed by atoms with van der Waals surface area (Å²) in [4.78, 5) is 28.9. The lowest BCUT2D eigenvalue weighted by atomic mass is 10.1. The van der Waals surface area contributed by atoms with Crippen LogP contribution in [0.2, 0.25) is 0 Å². The van der Waals surface area contributed by atoms with Crippen molar-refractivity contribution >= 4 is 28.5 Å². The van der Waals surface area contributed by atoms with Crippen molar-refractivity contribution < 1.29 is 23.8 Å². The fourth-order valence-electron chi connectivity index (χ4n) is 3.24. The maximum Gasteiger partial charge on any atom is 0.319 e. The molecule has 174 valence electrons. The number of carbonyl (C=O) groups excluding carboxylic acids is 2. The third kappa shape index (κ3) is 5.89. The molecule has 0 aliphatic heterocycles. The Kier molecular flexibility index (Phi) is 8.04. The Morgan fingerprint density at radius 1 is 1.03 bits per heavy atom. The van der Waals surface area contributed by atoms with Crippen molar-refractivity contribution in [2.75, 3.05) is 39.2 Å². The van der Waals surface area contributed by atoms with Crippen molar-refractivity contribution in [2.45, 2.75) is 13.8 Å². The molecule has 9 nitrogen and oxygen atoms in total. The number of carbonyl (C=O) groups is 2. The number of hydrogen-bond acceptors (Lipinski definition) is 6. The molecule has 1 aromatic heterocycles. The van der Waals surface area contributed by atoms with E-state index in [1.54, 1.807) is 43.6 Å². The van der Waals surface area contributed by atoms with Gasteiger partial charge in [-0.3, -0.25) is 9.78 Å². The number of pyridine rings is 1. The number of anilines is 1. The highest BCUT2D eigenvalue weighted by atomic mass is 16.5. The van der Waals surface area contributed by atoms with Crippen molar-refractivity contribution in [3.63, 3.8) is 0 Å². The van der Waals surface area contributed by atoms with Gasteiger partial charge in [0.2, 0.25) is 0 Å². The normalized spacial score (nSPS) is 10.5. The van der Waals surface area contributed by atoms with Gasteiger partial charge in [-0.2, -0.15) is 0 Å². The third-order valence-corrected chi connectivity index (χ3v) is 4.87. The Balaban J connectivity index is 1.90. The Hall–Kier alpha value is -3.85. The lowest BCUT2D eigenvalue weighted by Crippen LogP contribution is -2.28. The largest absolute Gasteiger partial charge is 0.496 e. The number of nitrogens with one attached hydrogen (secondary N) is 3. The summed E-state index contributed by atoms with van der Waals surface area (Å²) in [6, 6.07) is 10.3. The van der Waals surface area contributed by atoms with Crippen LogP contribution in [-0.2, 0) is 4.74 Å². The monoisotopic (exact) mass is 452 g/mol. The molecule has 0 unspecified atom stereocenters. The number of fused-ring (bicyclic) bond motifs is 1. The highest BCUT2D eigenvalue weighted by Crippen LogP contribution is 2.34. The van der Waals surface area contributed by atoms with Gasteiger partial charge in [-0.25, -0.2) is 4.79 Å². The molecule has 3 aromatic rings. The number of methoxy groups -OCH3 is 2. The average Bonchev–Trinajstić information content (AvgIpc) is 2.80. The van der Waals surface area contributed by atoms with Crippen molar-refractivity contribution in [2.24, 2.45) is 0 Å². The topological polar surface area (TPSA) is 111 Å². The second kappa shape index (κ2) is 11.1. The maximum atomic E-state index is 12.7. The number of amides is 3. The molecule has 2 aromatic carbocycles. The first-order chi connectivity index (χ1) is 16.0. The first-order valence-electron chi connectivity index (χ1n) is 10.5. The number of aromatic nitrogens is 1. The Morgan fingerprint density at radius 2 is 1.85 bits per heavy atom. The van der Waals surface area contributed by atoms with Gasteiger partial charge in [-0.1, -0.05) is 0 Å². The van der Waals surface area contributed by atoms with E-state index >= 15 is 0 Å². The molecule has 0 atom stereocenters. The molecule has 0 aliphatic rings. The molecule has 33 heavy (non-hydrogen) atoms. The van der Waals surface area contributed by atoms with E-state index in [-0.39, 0.29) is 11.9 Å². The zero-order valence-corrected chi connectivity index (χ0v) is 19.2. The summed E-state index contributed by atoms with van der Waals surface area (Å²) in [5, 5.41) is 8.97. The van der Waals surface area contributed by atoms with Crippen molar-refractivity contribution in [1.29, 1.82) is 0 Å². The molecule has 0 saturated heterocycles. The number of benzene rings is 2. The fourth-order valence-corrected chi connectivity index (χ4v) is 3.24. The van der Waals surface area contributed by atoms with Gasteiger partial charge in [-0.05, 0) is 49.7 Å². The van der Waals surface area contributed by atoms with E-state index in [2.05, 4.69) is 20.9 Å². The van der Waals surface area contributed by atoms with Crippen LogP contribution in [0, 0.1) is 6.92 Å². The van der Waals surface area contributed by atoms with Crippen LogP contribution in [0.15, 0.2) is 42.6 Å². The SMILES string of the molecule is CCNC(=O)Nc1ccc(Oc2ccnc3cc(OC)c(C(=O)NCCOC)cc23)cc1C. The van der Waals surface area contributed by atoms with E-state index in [4.69, 9.17) is 14.2 Å². The zero-order chi connectivity index (χ0) is 23.8. The van der Waals surface area contributed by atoms with Crippen LogP contribution in [0.3, 0.4) is 0 Å². The average molecular weight is 453 g/mol.